The van der Waals surface area contributed by atoms with Crippen molar-refractivity contribution < 1.29 is 43.9 Å². The van der Waals surface area contributed by atoms with Gasteiger partial charge in [-0.1, -0.05) is 227 Å². The molecule has 14 aromatic rings. The maximum absolute atomic E-state index is 6.47. The number of hydrogen-bond donors (Lipinski definition) is 0. The summed E-state index contributed by atoms with van der Waals surface area (Å²) in [5.41, 5.74) is 28.3. The van der Waals surface area contributed by atoms with Crippen LogP contribution in [0.3, 0.4) is 0 Å². The number of fused-ring (bicyclic) bond motifs is 4. The van der Waals surface area contributed by atoms with E-state index < -0.39 is 17.6 Å². The molecular weight excluding hydrogens is 1270 g/mol. The fraction of sp³-hybridized carbons (Fsp3) is 0.159. The third kappa shape index (κ3) is 10.4. The van der Waals surface area contributed by atoms with E-state index in [0.29, 0.717) is 0 Å². The molecule has 0 spiro atoms. The molecule has 10 aromatic carbocycles. The summed E-state index contributed by atoms with van der Waals surface area (Å²) in [6.45, 7) is 13.3. The zero-order chi connectivity index (χ0) is 63.3. The third-order valence-electron chi connectivity index (χ3n) is 20.9. The molecule has 0 bridgehead atoms. The molecular formula is C88H72O4Si2Zr. The van der Waals surface area contributed by atoms with E-state index in [1.807, 2.05) is 26.0 Å². The van der Waals surface area contributed by atoms with Crippen LogP contribution in [0, 0.1) is 41.5 Å². The van der Waals surface area contributed by atoms with Crippen LogP contribution in [0.15, 0.2) is 249 Å². The average molecular weight is 1340 g/mol. The van der Waals surface area contributed by atoms with Gasteiger partial charge in [0.15, 0.2) is 0 Å². The second-order valence-corrected chi connectivity index (χ2v) is 32.0. The van der Waals surface area contributed by atoms with Gasteiger partial charge in [-0.25, -0.2) is 0 Å². The van der Waals surface area contributed by atoms with Gasteiger partial charge in [0.1, 0.15) is 23.0 Å². The minimum absolute atomic E-state index is 0. The molecule has 6 heterocycles. The predicted molar refractivity (Wildman–Crippen MR) is 394 cm³/mol. The molecule has 0 amide bonds. The molecule has 2 unspecified atom stereocenters. The largest absolute Gasteiger partial charge is 2.00 e. The van der Waals surface area contributed by atoms with Gasteiger partial charge in [0.2, 0.25) is 0 Å². The van der Waals surface area contributed by atoms with Gasteiger partial charge in [0, 0.05) is 11.8 Å². The van der Waals surface area contributed by atoms with Crippen molar-refractivity contribution >= 4 is 72.8 Å². The predicted octanol–water partition coefficient (Wildman–Crippen LogP) is 22.9. The van der Waals surface area contributed by atoms with Gasteiger partial charge in [0.25, 0.3) is 0 Å². The number of furan rings is 4. The Morgan fingerprint density at radius 1 is 0.379 bits per heavy atom. The van der Waals surface area contributed by atoms with Crippen molar-refractivity contribution in [3.8, 4) is 67.2 Å². The molecule has 7 heteroatoms. The number of benzene rings is 8. The molecule has 2 fully saturated rings. The van der Waals surface area contributed by atoms with Crippen LogP contribution in [0.1, 0.15) is 103 Å². The maximum atomic E-state index is 6.47. The standard InChI is InChI=1S/2C44H36O2Si.Zr/c2*1-27-17-19-33-34(40(27)30-12-6-4-7-13-30)26-36(38-20-18-28(2)46-38)43(33)44-35(37-16-10-21-45-37)24-32-25-39(47-22-11-23-47)29(3)41(42(32)44)31-14-8-5-9-15-31;/h2*4-10,12-21,24-26,43H,11,22-23H2,1-3H3;/q2*-1;+2. The van der Waals surface area contributed by atoms with Gasteiger partial charge in [-0.2, -0.15) is 0 Å². The molecule has 2 aliphatic heterocycles. The Labute approximate surface area is 579 Å². The van der Waals surface area contributed by atoms with E-state index in [0.717, 1.165) is 34.6 Å². The minimum atomic E-state index is -0.540. The van der Waals surface area contributed by atoms with Crippen LogP contribution in [0.5, 0.6) is 0 Å². The second kappa shape index (κ2) is 24.9. The third-order valence-corrected chi connectivity index (χ3v) is 27.3. The molecule has 2 atom stereocenters. The summed E-state index contributed by atoms with van der Waals surface area (Å²) < 4.78 is 25.4. The quantitative estimate of drug-likeness (QED) is 0.0904. The molecule has 4 aromatic heterocycles. The van der Waals surface area contributed by atoms with Crippen LogP contribution in [-0.2, 0) is 26.2 Å². The van der Waals surface area contributed by atoms with Gasteiger partial charge in [-0.05, 0) is 179 Å². The van der Waals surface area contributed by atoms with Crippen molar-refractivity contribution in [3.63, 3.8) is 0 Å². The Morgan fingerprint density at radius 3 is 1.06 bits per heavy atom. The summed E-state index contributed by atoms with van der Waals surface area (Å²) in [5, 5.41) is 8.49. The Balaban J connectivity index is 0.000000148. The van der Waals surface area contributed by atoms with Crippen molar-refractivity contribution in [2.45, 2.75) is 90.4 Å². The molecule has 2 saturated heterocycles. The van der Waals surface area contributed by atoms with E-state index in [9.17, 15) is 0 Å². The van der Waals surface area contributed by atoms with Crippen LogP contribution >= 0.6 is 0 Å². The summed E-state index contributed by atoms with van der Waals surface area (Å²) in [6.07, 6.45) is 11.1. The summed E-state index contributed by atoms with van der Waals surface area (Å²) in [5.74, 6) is 5.43. The molecule has 18 rings (SSSR count). The fourth-order valence-corrected chi connectivity index (χ4v) is 20.8. The Hall–Kier alpha value is -9.10. The Bertz CT molecular complexity index is 4930. The van der Waals surface area contributed by atoms with E-state index in [-0.39, 0.29) is 38.0 Å². The van der Waals surface area contributed by atoms with Gasteiger partial charge >= 0.3 is 26.2 Å². The van der Waals surface area contributed by atoms with Crippen molar-refractivity contribution in [1.29, 1.82) is 0 Å². The molecule has 0 N–H and O–H groups in total. The molecule has 4 nitrogen and oxygen atoms in total. The molecule has 4 aliphatic rings. The topological polar surface area (TPSA) is 52.6 Å². The van der Waals surface area contributed by atoms with Crippen molar-refractivity contribution in [3.05, 3.63) is 310 Å². The summed E-state index contributed by atoms with van der Waals surface area (Å²) in [7, 11) is -1.08. The second-order valence-electron chi connectivity index (χ2n) is 26.5. The summed E-state index contributed by atoms with van der Waals surface area (Å²) in [4.78, 5) is 0. The van der Waals surface area contributed by atoms with Crippen LogP contribution in [0.2, 0.25) is 24.2 Å². The van der Waals surface area contributed by atoms with Gasteiger partial charge in [0.05, 0.1) is 41.6 Å². The van der Waals surface area contributed by atoms with Crippen LogP contribution in [-0.4, -0.2) is 17.6 Å². The smallest absolute Gasteiger partial charge is 0.499 e. The summed E-state index contributed by atoms with van der Waals surface area (Å²) in [6, 6.07) is 85.2. The zero-order valence-electron chi connectivity index (χ0n) is 54.6. The van der Waals surface area contributed by atoms with E-state index in [4.69, 9.17) is 17.7 Å². The van der Waals surface area contributed by atoms with E-state index >= 15 is 0 Å². The first-order chi connectivity index (χ1) is 46.1. The van der Waals surface area contributed by atoms with Crippen molar-refractivity contribution in [2.24, 2.45) is 0 Å². The Morgan fingerprint density at radius 2 is 0.747 bits per heavy atom. The first-order valence-corrected chi connectivity index (χ1v) is 37.3. The van der Waals surface area contributed by atoms with Crippen molar-refractivity contribution in [1.82, 2.24) is 0 Å². The molecule has 460 valence electrons. The first kappa shape index (κ1) is 60.8. The zero-order valence-corrected chi connectivity index (χ0v) is 59.1. The number of rotatable bonds is 12. The van der Waals surface area contributed by atoms with Crippen molar-refractivity contribution in [2.75, 3.05) is 0 Å². The molecule has 0 saturated carbocycles. The first-order valence-electron chi connectivity index (χ1n) is 33.5. The maximum Gasteiger partial charge on any atom is 2.00 e. The van der Waals surface area contributed by atoms with E-state index in [1.165, 1.54) is 181 Å². The molecule has 2 radical (unpaired) electrons. The van der Waals surface area contributed by atoms with E-state index in [1.54, 1.807) is 22.9 Å². The van der Waals surface area contributed by atoms with Gasteiger partial charge in [-0.15, -0.1) is 56.9 Å². The molecule has 2 aliphatic carbocycles. The number of allylic oxidation sites excluding steroid dienone is 2. The van der Waals surface area contributed by atoms with Gasteiger partial charge in [-0.3, -0.25) is 0 Å². The fourth-order valence-electron chi connectivity index (χ4n) is 16.3. The summed E-state index contributed by atoms with van der Waals surface area (Å²) >= 11 is 0. The number of hydrogen-bond acceptors (Lipinski definition) is 4. The number of aryl methyl sites for hydroxylation is 4. The van der Waals surface area contributed by atoms with E-state index in [2.05, 4.69) is 246 Å². The van der Waals surface area contributed by atoms with Crippen LogP contribution in [0.4, 0.5) is 0 Å². The molecule has 95 heavy (non-hydrogen) atoms. The normalized spacial score (nSPS) is 15.8. The SMILES string of the molecule is Cc1ccc(C2=Cc3c(ccc(C)c3-c3ccccc3)C2c2c(-c3ccco3)[cH-]c3cc([Si]4CCC4)c(C)c(-c4ccccc4)c23)o1.Cc1ccc(C2=Cc3c(ccc(C)c3-c3ccccc3)C2c2c(-c3ccco3)[cH-]c3cc([Si]4CCC4)c(C)c(-c4ccccc4)c23)o1.[Zr+2]. The Kier molecular flexibility index (Phi) is 15.9. The van der Waals surface area contributed by atoms with Crippen LogP contribution in [0.25, 0.3) is 112 Å². The minimum Gasteiger partial charge on any atom is -0.499 e. The monoisotopic (exact) mass is 1340 g/mol. The average Bonchev–Trinajstić information content (AvgIpc) is 1.57. The van der Waals surface area contributed by atoms with Crippen LogP contribution < -0.4 is 10.4 Å². The van der Waals surface area contributed by atoms with Gasteiger partial charge < -0.3 is 17.7 Å².